The van der Waals surface area contributed by atoms with Crippen LogP contribution in [0.5, 0.6) is 0 Å². The first-order valence-electron chi connectivity index (χ1n) is 11.6. The molecule has 0 saturated heterocycles. The number of hydrogen-bond acceptors (Lipinski definition) is 2. The summed E-state index contributed by atoms with van der Waals surface area (Å²) in [4.78, 5) is 12.1. The number of amides is 1. The molecule has 1 aliphatic carbocycles. The Morgan fingerprint density at radius 3 is 2.00 bits per heavy atom. The molecule has 3 nitrogen and oxygen atoms in total. The Morgan fingerprint density at radius 1 is 0.818 bits per heavy atom. The summed E-state index contributed by atoms with van der Waals surface area (Å²) in [5.74, 6) is -2.03. The molecule has 3 aromatic rings. The average molecular weight is 449 g/mol. The van der Waals surface area contributed by atoms with Crippen LogP contribution in [0.4, 0.5) is 8.78 Å². The third-order valence-corrected chi connectivity index (χ3v) is 6.72. The van der Waals surface area contributed by atoms with E-state index in [1.807, 2.05) is 0 Å². The van der Waals surface area contributed by atoms with E-state index >= 15 is 0 Å². The van der Waals surface area contributed by atoms with Gasteiger partial charge >= 0.3 is 0 Å². The number of benzene rings is 3. The molecule has 0 atom stereocenters. The maximum atomic E-state index is 13.3. The van der Waals surface area contributed by atoms with Crippen LogP contribution in [-0.2, 0) is 16.6 Å². The van der Waals surface area contributed by atoms with Gasteiger partial charge in [-0.2, -0.15) is 0 Å². The zero-order chi connectivity index (χ0) is 23.1. The third-order valence-electron chi connectivity index (χ3n) is 6.72. The first kappa shape index (κ1) is 23.1. The second-order valence-corrected chi connectivity index (χ2v) is 8.82. The summed E-state index contributed by atoms with van der Waals surface area (Å²) < 4.78 is 26.3. The fraction of sp³-hybridized carbons (Fsp3) is 0.321. The van der Waals surface area contributed by atoms with Crippen molar-refractivity contribution in [2.45, 2.75) is 43.6 Å². The lowest BCUT2D eigenvalue weighted by Gasteiger charge is -2.41. The predicted octanol–water partition coefficient (Wildman–Crippen LogP) is 5.14. The van der Waals surface area contributed by atoms with Gasteiger partial charge in [-0.3, -0.25) is 4.79 Å². The van der Waals surface area contributed by atoms with Crippen LogP contribution >= 0.6 is 0 Å². The maximum absolute atomic E-state index is 13.3. The first-order valence-corrected chi connectivity index (χ1v) is 11.6. The summed E-state index contributed by atoms with van der Waals surface area (Å²) in [6.45, 7) is 1.18. The van der Waals surface area contributed by atoms with E-state index in [0.717, 1.165) is 37.8 Å². The van der Waals surface area contributed by atoms with Gasteiger partial charge < -0.3 is 10.6 Å². The van der Waals surface area contributed by atoms with Gasteiger partial charge in [-0.1, -0.05) is 66.7 Å². The SMILES string of the molecule is O=C(Cc1ccc(F)c(F)c1)NCCNC1CCC(c2ccccc2)(c2ccccc2)CC1. The van der Waals surface area contributed by atoms with Crippen LogP contribution < -0.4 is 10.6 Å². The van der Waals surface area contributed by atoms with Crippen molar-refractivity contribution in [1.29, 1.82) is 0 Å². The molecule has 1 fully saturated rings. The highest BCUT2D eigenvalue weighted by Crippen LogP contribution is 2.44. The minimum Gasteiger partial charge on any atom is -0.355 e. The van der Waals surface area contributed by atoms with Gasteiger partial charge in [0, 0.05) is 24.5 Å². The molecule has 3 aromatic carbocycles. The van der Waals surface area contributed by atoms with Crippen molar-refractivity contribution in [2.75, 3.05) is 13.1 Å². The van der Waals surface area contributed by atoms with Gasteiger partial charge in [0.2, 0.25) is 5.91 Å². The van der Waals surface area contributed by atoms with Crippen LogP contribution in [0, 0.1) is 11.6 Å². The molecule has 1 saturated carbocycles. The average Bonchev–Trinajstić information content (AvgIpc) is 2.86. The topological polar surface area (TPSA) is 41.1 Å². The zero-order valence-corrected chi connectivity index (χ0v) is 18.7. The molecular formula is C28H30F2N2O. The largest absolute Gasteiger partial charge is 0.355 e. The number of hydrogen-bond donors (Lipinski definition) is 2. The molecule has 0 radical (unpaired) electrons. The minimum absolute atomic E-state index is 0.0390. The van der Waals surface area contributed by atoms with Crippen LogP contribution in [0.1, 0.15) is 42.4 Å². The van der Waals surface area contributed by atoms with E-state index in [0.29, 0.717) is 24.7 Å². The summed E-state index contributed by atoms with van der Waals surface area (Å²) in [6.07, 6.45) is 4.30. The molecular weight excluding hydrogens is 418 g/mol. The second-order valence-electron chi connectivity index (χ2n) is 8.82. The summed E-state index contributed by atoms with van der Waals surface area (Å²) in [5.41, 5.74) is 3.25. The van der Waals surface area contributed by atoms with Gasteiger partial charge in [0.1, 0.15) is 0 Å². The first-order chi connectivity index (χ1) is 16.1. The highest BCUT2D eigenvalue weighted by molar-refractivity contribution is 5.78. The maximum Gasteiger partial charge on any atom is 0.224 e. The summed E-state index contributed by atoms with van der Waals surface area (Å²) in [6, 6.07) is 25.5. The number of nitrogens with one attached hydrogen (secondary N) is 2. The number of carbonyl (C=O) groups is 1. The van der Waals surface area contributed by atoms with Gasteiger partial charge in [-0.05, 0) is 54.5 Å². The molecule has 0 bridgehead atoms. The van der Waals surface area contributed by atoms with Crippen molar-refractivity contribution >= 4 is 5.91 Å². The molecule has 1 amide bonds. The summed E-state index contributed by atoms with van der Waals surface area (Å²) >= 11 is 0. The Bertz CT molecular complexity index is 1010. The van der Waals surface area contributed by atoms with Crippen LogP contribution in [0.15, 0.2) is 78.9 Å². The Hall–Kier alpha value is -3.05. The fourth-order valence-electron chi connectivity index (χ4n) is 4.95. The van der Waals surface area contributed by atoms with Gasteiger partial charge in [0.05, 0.1) is 6.42 Å². The van der Waals surface area contributed by atoms with E-state index in [1.54, 1.807) is 0 Å². The zero-order valence-electron chi connectivity index (χ0n) is 18.7. The lowest BCUT2D eigenvalue weighted by atomic mass is 9.64. The highest BCUT2D eigenvalue weighted by Gasteiger charge is 2.38. The molecule has 0 spiro atoms. The predicted molar refractivity (Wildman–Crippen MR) is 127 cm³/mol. The number of halogens is 2. The summed E-state index contributed by atoms with van der Waals surface area (Å²) in [7, 11) is 0. The Balaban J connectivity index is 1.26. The lowest BCUT2D eigenvalue weighted by molar-refractivity contribution is -0.120. The van der Waals surface area contributed by atoms with E-state index in [4.69, 9.17) is 0 Å². The molecule has 4 rings (SSSR count). The lowest BCUT2D eigenvalue weighted by Crippen LogP contribution is -2.43. The second kappa shape index (κ2) is 10.7. The molecule has 5 heteroatoms. The van der Waals surface area contributed by atoms with Crippen LogP contribution in [0.3, 0.4) is 0 Å². The van der Waals surface area contributed by atoms with E-state index in [9.17, 15) is 13.6 Å². The Kier molecular flexibility index (Phi) is 7.50. The monoisotopic (exact) mass is 448 g/mol. The highest BCUT2D eigenvalue weighted by atomic mass is 19.2. The van der Waals surface area contributed by atoms with E-state index in [2.05, 4.69) is 71.3 Å². The molecule has 0 aromatic heterocycles. The van der Waals surface area contributed by atoms with Crippen LogP contribution in [0.2, 0.25) is 0 Å². The van der Waals surface area contributed by atoms with Gasteiger partial charge in [0.25, 0.3) is 0 Å². The molecule has 0 heterocycles. The van der Waals surface area contributed by atoms with E-state index in [1.165, 1.54) is 17.2 Å². The van der Waals surface area contributed by atoms with E-state index < -0.39 is 11.6 Å². The number of rotatable bonds is 8. The molecule has 172 valence electrons. The number of carbonyl (C=O) groups excluding carboxylic acids is 1. The van der Waals surface area contributed by atoms with Crippen LogP contribution in [0.25, 0.3) is 0 Å². The smallest absolute Gasteiger partial charge is 0.224 e. The van der Waals surface area contributed by atoms with Crippen molar-refractivity contribution in [2.24, 2.45) is 0 Å². The van der Waals surface area contributed by atoms with Crippen molar-refractivity contribution in [3.63, 3.8) is 0 Å². The molecule has 2 N–H and O–H groups in total. The van der Waals surface area contributed by atoms with Crippen molar-refractivity contribution in [3.05, 3.63) is 107 Å². The van der Waals surface area contributed by atoms with Gasteiger partial charge in [0.15, 0.2) is 11.6 Å². The van der Waals surface area contributed by atoms with Crippen molar-refractivity contribution < 1.29 is 13.6 Å². The van der Waals surface area contributed by atoms with Crippen molar-refractivity contribution in [3.8, 4) is 0 Å². The standard InChI is InChI=1S/C28H30F2N2O/c29-25-12-11-21(19-26(25)30)20-27(33)32-18-17-31-24-13-15-28(16-14-24,22-7-3-1-4-8-22)23-9-5-2-6-10-23/h1-12,19,24,31H,13-18,20H2,(H,32,33). The quantitative estimate of drug-likeness (QED) is 0.469. The van der Waals surface area contributed by atoms with Crippen LogP contribution in [-0.4, -0.2) is 25.0 Å². The fourth-order valence-corrected chi connectivity index (χ4v) is 4.95. The normalized spacial score (nSPS) is 15.8. The molecule has 33 heavy (non-hydrogen) atoms. The van der Waals surface area contributed by atoms with Crippen molar-refractivity contribution in [1.82, 2.24) is 10.6 Å². The van der Waals surface area contributed by atoms with E-state index in [-0.39, 0.29) is 17.7 Å². The summed E-state index contributed by atoms with van der Waals surface area (Å²) in [5, 5.41) is 6.43. The Labute approximate surface area is 194 Å². The minimum atomic E-state index is -0.929. The third kappa shape index (κ3) is 5.66. The van der Waals surface area contributed by atoms with Gasteiger partial charge in [-0.25, -0.2) is 8.78 Å². The molecule has 1 aliphatic rings. The molecule has 0 aliphatic heterocycles. The van der Waals surface area contributed by atoms with Gasteiger partial charge in [-0.15, -0.1) is 0 Å². The molecule has 0 unspecified atom stereocenters. The Morgan fingerprint density at radius 2 is 1.42 bits per heavy atom.